The maximum atomic E-state index is 15.0. The van der Waals surface area contributed by atoms with Gasteiger partial charge in [-0.2, -0.15) is 0 Å². The summed E-state index contributed by atoms with van der Waals surface area (Å²) in [7, 11) is 0. The number of nitrogens with two attached hydrogens (primary N) is 1. The lowest BCUT2D eigenvalue weighted by Crippen LogP contribution is -2.54. The summed E-state index contributed by atoms with van der Waals surface area (Å²) in [5, 5.41) is 2.72. The predicted octanol–water partition coefficient (Wildman–Crippen LogP) is 3.83. The molecule has 10 heteroatoms. The molecule has 0 bridgehead atoms. The number of alkyl halides is 1. The lowest BCUT2D eigenvalue weighted by atomic mass is 9.96. The van der Waals surface area contributed by atoms with Crippen LogP contribution in [0.2, 0.25) is 0 Å². The van der Waals surface area contributed by atoms with Crippen LogP contribution in [0.25, 0.3) is 0 Å². The zero-order valence-corrected chi connectivity index (χ0v) is 23.9. The number of hydrogen-bond donors (Lipinski definition) is 2. The molecule has 2 aliphatic heterocycles. The number of likely N-dealkylation sites (tertiary alicyclic amines) is 1. The molecule has 3 atom stereocenters. The summed E-state index contributed by atoms with van der Waals surface area (Å²) in [4.78, 5) is 36.2. The number of rotatable bonds is 9. The zero-order chi connectivity index (χ0) is 29.2. The Hall–Kier alpha value is -3.53. The number of urea groups is 1. The normalized spacial score (nSPS) is 24.1. The number of halogens is 2. The largest absolute Gasteiger partial charge is 0.386 e. The second-order valence-corrected chi connectivity index (χ2v) is 12.2. The predicted molar refractivity (Wildman–Crippen MR) is 157 cm³/mol. The highest BCUT2D eigenvalue weighted by Gasteiger charge is 2.38. The van der Waals surface area contributed by atoms with E-state index in [1.807, 2.05) is 42.5 Å². The topological polar surface area (TPSA) is 94.3 Å². The molecule has 3 amide bonds. The Kier molecular flexibility index (Phi) is 8.42. The molecule has 2 aromatic rings. The van der Waals surface area contributed by atoms with E-state index in [-0.39, 0.29) is 43.1 Å². The number of aliphatic imine (C=N–C) groups is 1. The standard InChI is InChI=1S/C32H40F2N6O2/c33-25-17-28(40(20-25)29(41)18-36-32(42)39-14-12-38(13-15-39)19-21-6-7-21)31(35)37-30(23-4-2-1-3-5-23)24-10-11-26(22-8-9-22)27(34)16-24/h1-5,10-11,16,21-22,25,28,30H,6-9,12-15,17-20H2,(H2,35,37)(H,36,42)/t25-,28+,30+/m1/s1. The van der Waals surface area contributed by atoms with Crippen LogP contribution in [0, 0.1) is 11.7 Å². The molecule has 2 saturated heterocycles. The second kappa shape index (κ2) is 12.4. The van der Waals surface area contributed by atoms with E-state index >= 15 is 4.39 Å². The number of nitrogens with zero attached hydrogens (tertiary/aromatic N) is 4. The van der Waals surface area contributed by atoms with Gasteiger partial charge in [0.1, 0.15) is 23.9 Å². The maximum absolute atomic E-state index is 15.0. The summed E-state index contributed by atoms with van der Waals surface area (Å²) in [6, 6.07) is 13.0. The molecule has 0 unspecified atom stereocenters. The number of carbonyl (C=O) groups is 2. The molecular formula is C32H40F2N6O2. The van der Waals surface area contributed by atoms with Gasteiger partial charge in [0.05, 0.1) is 19.1 Å². The summed E-state index contributed by atoms with van der Waals surface area (Å²) in [5.74, 6) is 0.534. The first-order valence-corrected chi connectivity index (χ1v) is 15.2. The zero-order valence-electron chi connectivity index (χ0n) is 23.9. The van der Waals surface area contributed by atoms with Gasteiger partial charge in [-0.25, -0.2) is 13.6 Å². The third kappa shape index (κ3) is 6.75. The molecule has 2 heterocycles. The minimum atomic E-state index is -1.26. The Balaban J connectivity index is 1.12. The monoisotopic (exact) mass is 578 g/mol. The molecule has 8 nitrogen and oxygen atoms in total. The summed E-state index contributed by atoms with van der Waals surface area (Å²) in [6.07, 6.45) is 3.36. The average Bonchev–Trinajstić information content (AvgIpc) is 3.94. The highest BCUT2D eigenvalue weighted by atomic mass is 19.1. The van der Waals surface area contributed by atoms with Crippen molar-refractivity contribution in [3.63, 3.8) is 0 Å². The van der Waals surface area contributed by atoms with Crippen molar-refractivity contribution in [1.29, 1.82) is 0 Å². The maximum Gasteiger partial charge on any atom is 0.317 e. The van der Waals surface area contributed by atoms with Crippen molar-refractivity contribution in [3.8, 4) is 0 Å². The molecular weight excluding hydrogens is 538 g/mol. The number of hydrogen-bond acceptors (Lipinski definition) is 4. The van der Waals surface area contributed by atoms with Crippen LogP contribution in [0.5, 0.6) is 0 Å². The van der Waals surface area contributed by atoms with Gasteiger partial charge in [0.25, 0.3) is 0 Å². The number of amides is 3. The molecule has 0 aromatic heterocycles. The Morgan fingerprint density at radius 3 is 2.40 bits per heavy atom. The van der Waals surface area contributed by atoms with Gasteiger partial charge in [-0.3, -0.25) is 14.7 Å². The van der Waals surface area contributed by atoms with Crippen LogP contribution in [0.3, 0.4) is 0 Å². The van der Waals surface area contributed by atoms with Gasteiger partial charge in [0.2, 0.25) is 5.91 Å². The van der Waals surface area contributed by atoms with E-state index in [2.05, 4.69) is 10.2 Å². The van der Waals surface area contributed by atoms with Gasteiger partial charge in [-0.15, -0.1) is 0 Å². The van der Waals surface area contributed by atoms with Crippen LogP contribution >= 0.6 is 0 Å². The fraction of sp³-hybridized carbons (Fsp3) is 0.531. The number of carbonyl (C=O) groups excluding carboxylic acids is 2. The van der Waals surface area contributed by atoms with Crippen LogP contribution in [0.4, 0.5) is 13.6 Å². The smallest absolute Gasteiger partial charge is 0.317 e. The van der Waals surface area contributed by atoms with Crippen molar-refractivity contribution in [2.75, 3.05) is 45.8 Å². The van der Waals surface area contributed by atoms with Gasteiger partial charge in [-0.05, 0) is 60.3 Å². The minimum Gasteiger partial charge on any atom is -0.386 e. The van der Waals surface area contributed by atoms with E-state index in [4.69, 9.17) is 10.7 Å². The Morgan fingerprint density at radius 1 is 1.00 bits per heavy atom. The van der Waals surface area contributed by atoms with Crippen molar-refractivity contribution in [2.24, 2.45) is 16.6 Å². The fourth-order valence-corrected chi connectivity index (χ4v) is 6.16. The van der Waals surface area contributed by atoms with E-state index in [0.717, 1.165) is 49.5 Å². The van der Waals surface area contributed by atoms with Crippen molar-refractivity contribution >= 4 is 17.8 Å². The van der Waals surface area contributed by atoms with Crippen LogP contribution < -0.4 is 11.1 Å². The molecule has 2 aromatic carbocycles. The molecule has 3 N–H and O–H groups in total. The van der Waals surface area contributed by atoms with Crippen LogP contribution in [-0.2, 0) is 4.79 Å². The molecule has 2 saturated carbocycles. The SMILES string of the molecule is NC(=N[C@@H](c1ccccc1)c1ccc(C2CC2)c(F)c1)[C@@H]1C[C@@H](F)CN1C(=O)CNC(=O)N1CCN(CC2CC2)CC1. The van der Waals surface area contributed by atoms with E-state index in [0.29, 0.717) is 18.7 Å². The highest BCUT2D eigenvalue weighted by Crippen LogP contribution is 2.42. The fourth-order valence-electron chi connectivity index (χ4n) is 6.16. The first kappa shape index (κ1) is 28.6. The summed E-state index contributed by atoms with van der Waals surface area (Å²) in [5.41, 5.74) is 8.67. The first-order chi connectivity index (χ1) is 20.4. The lowest BCUT2D eigenvalue weighted by molar-refractivity contribution is -0.130. The van der Waals surface area contributed by atoms with Gasteiger partial charge in [0, 0.05) is 39.1 Å². The summed E-state index contributed by atoms with van der Waals surface area (Å²) < 4.78 is 29.7. The lowest BCUT2D eigenvalue weighted by Gasteiger charge is -2.34. The van der Waals surface area contributed by atoms with E-state index < -0.39 is 24.2 Å². The Bertz CT molecular complexity index is 1310. The van der Waals surface area contributed by atoms with Crippen molar-refractivity contribution in [1.82, 2.24) is 20.0 Å². The van der Waals surface area contributed by atoms with E-state index in [1.54, 1.807) is 4.90 Å². The Labute approximate surface area is 245 Å². The molecule has 2 aliphatic carbocycles. The quantitative estimate of drug-likeness (QED) is 0.350. The number of amidine groups is 1. The van der Waals surface area contributed by atoms with E-state index in [9.17, 15) is 14.0 Å². The molecule has 4 fully saturated rings. The van der Waals surface area contributed by atoms with Gasteiger partial charge in [-0.1, -0.05) is 42.5 Å². The number of piperazine rings is 1. The summed E-state index contributed by atoms with van der Waals surface area (Å²) >= 11 is 0. The van der Waals surface area contributed by atoms with Crippen molar-refractivity contribution in [3.05, 3.63) is 71.0 Å². The molecule has 42 heavy (non-hydrogen) atoms. The van der Waals surface area contributed by atoms with Crippen LogP contribution in [0.1, 0.15) is 60.8 Å². The molecule has 0 spiro atoms. The second-order valence-electron chi connectivity index (χ2n) is 12.2. The Morgan fingerprint density at radius 2 is 1.74 bits per heavy atom. The van der Waals surface area contributed by atoms with Gasteiger partial charge in [0.15, 0.2) is 0 Å². The third-order valence-corrected chi connectivity index (χ3v) is 8.93. The van der Waals surface area contributed by atoms with Crippen LogP contribution in [0.15, 0.2) is 53.5 Å². The number of benzene rings is 2. The number of nitrogens with one attached hydrogen (secondary N) is 1. The molecule has 4 aliphatic rings. The molecule has 6 rings (SSSR count). The van der Waals surface area contributed by atoms with Gasteiger partial charge >= 0.3 is 6.03 Å². The first-order valence-electron chi connectivity index (χ1n) is 15.2. The highest BCUT2D eigenvalue weighted by molar-refractivity contribution is 5.93. The molecule has 0 radical (unpaired) electrons. The van der Waals surface area contributed by atoms with E-state index in [1.165, 1.54) is 23.8 Å². The third-order valence-electron chi connectivity index (χ3n) is 8.93. The molecule has 224 valence electrons. The van der Waals surface area contributed by atoms with Crippen molar-refractivity contribution in [2.45, 2.75) is 56.3 Å². The van der Waals surface area contributed by atoms with Crippen molar-refractivity contribution < 1.29 is 18.4 Å². The minimum absolute atomic E-state index is 0.0223. The summed E-state index contributed by atoms with van der Waals surface area (Å²) in [6.45, 7) is 3.65. The average molecular weight is 579 g/mol. The van der Waals surface area contributed by atoms with Crippen LogP contribution in [-0.4, -0.2) is 90.5 Å². The van der Waals surface area contributed by atoms with Gasteiger partial charge < -0.3 is 20.9 Å².